The van der Waals surface area contributed by atoms with E-state index in [-0.39, 0.29) is 5.23 Å². The van der Waals surface area contributed by atoms with Crippen molar-refractivity contribution < 1.29 is 15.2 Å². The van der Waals surface area contributed by atoms with Gasteiger partial charge in [0.1, 0.15) is 12.4 Å². The molecule has 1 aliphatic heterocycles. The molecule has 0 radical (unpaired) electrons. The standard InChI is InChI=1S/C13H20N2O3/c1-11(14-8-2-3-9-14)10-18-13-6-4-12(5-7-13)15(16)17/h4-7,11,16-17H,2-3,8-10H2,1H3/t11-/m1/s1. The Balaban J connectivity index is 1.82. The summed E-state index contributed by atoms with van der Waals surface area (Å²) < 4.78 is 5.69. The quantitative estimate of drug-likeness (QED) is 0.786. The number of anilines is 1. The lowest BCUT2D eigenvalue weighted by Gasteiger charge is -2.23. The van der Waals surface area contributed by atoms with Crippen LogP contribution in [0, 0.1) is 0 Å². The van der Waals surface area contributed by atoms with Gasteiger partial charge in [-0.1, -0.05) is 0 Å². The van der Waals surface area contributed by atoms with Crippen LogP contribution in [0.4, 0.5) is 5.69 Å². The van der Waals surface area contributed by atoms with Crippen molar-refractivity contribution in [3.8, 4) is 5.75 Å². The van der Waals surface area contributed by atoms with Crippen LogP contribution in [-0.4, -0.2) is 41.1 Å². The minimum absolute atomic E-state index is 0.0939. The zero-order chi connectivity index (χ0) is 13.0. The Morgan fingerprint density at radius 3 is 2.39 bits per heavy atom. The maximum Gasteiger partial charge on any atom is 0.119 e. The lowest BCUT2D eigenvalue weighted by molar-refractivity contribution is 0.0291. The Morgan fingerprint density at radius 2 is 1.83 bits per heavy atom. The van der Waals surface area contributed by atoms with Crippen molar-refractivity contribution in [2.75, 3.05) is 24.9 Å². The second-order valence-electron chi connectivity index (χ2n) is 4.69. The van der Waals surface area contributed by atoms with Gasteiger partial charge in [0.15, 0.2) is 0 Å². The van der Waals surface area contributed by atoms with Crippen molar-refractivity contribution in [2.24, 2.45) is 0 Å². The molecule has 0 spiro atoms. The molecule has 5 heteroatoms. The predicted octanol–water partition coefficient (Wildman–Crippen LogP) is 2.13. The largest absolute Gasteiger partial charge is 0.492 e. The summed E-state index contributed by atoms with van der Waals surface area (Å²) in [4.78, 5) is 2.43. The lowest BCUT2D eigenvalue weighted by atomic mass is 10.3. The van der Waals surface area contributed by atoms with E-state index in [1.165, 1.54) is 12.8 Å². The van der Waals surface area contributed by atoms with Gasteiger partial charge in [-0.15, -0.1) is 5.23 Å². The molecule has 18 heavy (non-hydrogen) atoms. The minimum Gasteiger partial charge on any atom is -0.492 e. The van der Waals surface area contributed by atoms with Crippen LogP contribution in [0.1, 0.15) is 19.8 Å². The second-order valence-corrected chi connectivity index (χ2v) is 4.69. The number of ether oxygens (including phenoxy) is 1. The maximum atomic E-state index is 8.82. The van der Waals surface area contributed by atoms with Gasteiger partial charge < -0.3 is 4.74 Å². The van der Waals surface area contributed by atoms with Gasteiger partial charge in [0.2, 0.25) is 0 Å². The molecule has 1 aliphatic rings. The van der Waals surface area contributed by atoms with Gasteiger partial charge in [0, 0.05) is 6.04 Å². The van der Waals surface area contributed by atoms with Crippen LogP contribution in [0.25, 0.3) is 0 Å². The molecule has 1 saturated heterocycles. The third-order valence-corrected chi connectivity index (χ3v) is 3.32. The molecule has 0 bridgehead atoms. The van der Waals surface area contributed by atoms with E-state index in [4.69, 9.17) is 15.2 Å². The fraction of sp³-hybridized carbons (Fsp3) is 0.538. The van der Waals surface area contributed by atoms with Gasteiger partial charge in [-0.3, -0.25) is 15.3 Å². The van der Waals surface area contributed by atoms with E-state index >= 15 is 0 Å². The van der Waals surface area contributed by atoms with Crippen LogP contribution in [-0.2, 0) is 0 Å². The van der Waals surface area contributed by atoms with E-state index < -0.39 is 0 Å². The Hall–Kier alpha value is -1.30. The maximum absolute atomic E-state index is 8.82. The smallest absolute Gasteiger partial charge is 0.119 e. The topological polar surface area (TPSA) is 56.2 Å². The number of nitrogens with zero attached hydrogens (tertiary/aromatic N) is 2. The highest BCUT2D eigenvalue weighted by atomic mass is 16.8. The van der Waals surface area contributed by atoms with Crippen LogP contribution < -0.4 is 9.96 Å². The lowest BCUT2D eigenvalue weighted by Crippen LogP contribution is -2.34. The molecule has 0 amide bonds. The van der Waals surface area contributed by atoms with Crippen LogP contribution >= 0.6 is 0 Å². The van der Waals surface area contributed by atoms with Crippen LogP contribution in [0.3, 0.4) is 0 Å². The van der Waals surface area contributed by atoms with Crippen LogP contribution in [0.5, 0.6) is 5.75 Å². The highest BCUT2D eigenvalue weighted by molar-refractivity contribution is 5.44. The van der Waals surface area contributed by atoms with E-state index in [9.17, 15) is 0 Å². The Morgan fingerprint density at radius 1 is 1.22 bits per heavy atom. The first-order valence-electron chi connectivity index (χ1n) is 6.31. The van der Waals surface area contributed by atoms with Crippen molar-refractivity contribution in [3.63, 3.8) is 0 Å². The molecule has 1 atom stereocenters. The predicted molar refractivity (Wildman–Crippen MR) is 68.3 cm³/mol. The molecular weight excluding hydrogens is 232 g/mol. The summed E-state index contributed by atoms with van der Waals surface area (Å²) in [5.74, 6) is 0.742. The first-order chi connectivity index (χ1) is 8.66. The van der Waals surface area contributed by atoms with Gasteiger partial charge in [-0.05, 0) is 57.1 Å². The van der Waals surface area contributed by atoms with E-state index in [1.807, 2.05) is 0 Å². The number of rotatable bonds is 5. The molecule has 2 N–H and O–H groups in total. The molecule has 2 rings (SSSR count). The third-order valence-electron chi connectivity index (χ3n) is 3.32. The highest BCUT2D eigenvalue weighted by Gasteiger charge is 2.18. The SMILES string of the molecule is C[C@H](COc1ccc(N(O)O)cc1)N1CCCC1. The molecule has 0 aromatic heterocycles. The van der Waals surface area contributed by atoms with E-state index in [1.54, 1.807) is 24.3 Å². The molecule has 0 unspecified atom stereocenters. The second kappa shape index (κ2) is 6.04. The summed E-state index contributed by atoms with van der Waals surface area (Å²) in [6.45, 7) is 5.14. The number of benzene rings is 1. The summed E-state index contributed by atoms with van der Waals surface area (Å²) >= 11 is 0. The zero-order valence-corrected chi connectivity index (χ0v) is 10.6. The molecule has 1 heterocycles. The summed E-state index contributed by atoms with van der Waals surface area (Å²) in [5, 5.41) is 17.7. The Labute approximate surface area is 107 Å². The van der Waals surface area contributed by atoms with Crippen molar-refractivity contribution in [1.29, 1.82) is 0 Å². The zero-order valence-electron chi connectivity index (χ0n) is 10.6. The molecule has 5 nitrogen and oxygen atoms in total. The van der Waals surface area contributed by atoms with E-state index in [2.05, 4.69) is 11.8 Å². The average molecular weight is 252 g/mol. The number of likely N-dealkylation sites (tertiary alicyclic amines) is 1. The van der Waals surface area contributed by atoms with Gasteiger partial charge in [0.05, 0.1) is 5.69 Å². The average Bonchev–Trinajstić information content (AvgIpc) is 2.90. The number of hydrogen-bond donors (Lipinski definition) is 2. The molecular formula is C13H20N2O3. The molecule has 100 valence electrons. The summed E-state index contributed by atoms with van der Waals surface area (Å²) in [6, 6.07) is 7.06. The normalized spacial score (nSPS) is 17.7. The monoisotopic (exact) mass is 252 g/mol. The van der Waals surface area contributed by atoms with E-state index in [0.717, 1.165) is 18.8 Å². The van der Waals surface area contributed by atoms with Gasteiger partial charge in [0.25, 0.3) is 0 Å². The van der Waals surface area contributed by atoms with Crippen molar-refractivity contribution >= 4 is 5.69 Å². The van der Waals surface area contributed by atoms with Crippen LogP contribution in [0.2, 0.25) is 0 Å². The number of hydrogen-bond acceptors (Lipinski definition) is 5. The van der Waals surface area contributed by atoms with Gasteiger partial charge in [-0.2, -0.15) is 0 Å². The van der Waals surface area contributed by atoms with Crippen molar-refractivity contribution in [2.45, 2.75) is 25.8 Å². The minimum atomic E-state index is 0.0939. The van der Waals surface area contributed by atoms with Gasteiger partial charge >= 0.3 is 0 Å². The van der Waals surface area contributed by atoms with E-state index in [0.29, 0.717) is 18.3 Å². The summed E-state index contributed by atoms with van der Waals surface area (Å²) in [7, 11) is 0. The summed E-state index contributed by atoms with van der Waals surface area (Å²) in [6.07, 6.45) is 2.56. The van der Waals surface area contributed by atoms with Crippen molar-refractivity contribution in [1.82, 2.24) is 4.90 Å². The molecule has 1 fully saturated rings. The first-order valence-corrected chi connectivity index (χ1v) is 6.31. The first kappa shape index (κ1) is 13.1. The Bertz CT molecular complexity index is 361. The molecule has 0 saturated carbocycles. The van der Waals surface area contributed by atoms with Gasteiger partial charge in [-0.25, -0.2) is 0 Å². The highest BCUT2D eigenvalue weighted by Crippen LogP contribution is 2.18. The van der Waals surface area contributed by atoms with Crippen LogP contribution in [0.15, 0.2) is 24.3 Å². The fourth-order valence-electron chi connectivity index (χ4n) is 2.18. The molecule has 1 aromatic rings. The third kappa shape index (κ3) is 3.35. The fourth-order valence-corrected chi connectivity index (χ4v) is 2.18. The Kier molecular flexibility index (Phi) is 4.41. The molecule has 1 aromatic carbocycles. The van der Waals surface area contributed by atoms with Crippen molar-refractivity contribution in [3.05, 3.63) is 24.3 Å². The molecule has 0 aliphatic carbocycles. The summed E-state index contributed by atoms with van der Waals surface area (Å²) in [5.41, 5.74) is 0.315.